The number of carbonyl (C=O) groups is 2. The lowest BCUT2D eigenvalue weighted by Gasteiger charge is -2.10. The first-order valence-corrected chi connectivity index (χ1v) is 5.86. The molecule has 1 atom stereocenters. The molecule has 0 aliphatic carbocycles. The maximum absolute atomic E-state index is 11.7. The quantitative estimate of drug-likeness (QED) is 0.706. The molecule has 1 amide bonds. The van der Waals surface area contributed by atoms with Gasteiger partial charge in [-0.15, -0.1) is 0 Å². The van der Waals surface area contributed by atoms with Gasteiger partial charge in [-0.05, 0) is 31.5 Å². The highest BCUT2D eigenvalue weighted by Gasteiger charge is 2.21. The van der Waals surface area contributed by atoms with Crippen molar-refractivity contribution in [3.8, 4) is 0 Å². The van der Waals surface area contributed by atoms with Gasteiger partial charge in [0.25, 0.3) is 0 Å². The van der Waals surface area contributed by atoms with Crippen LogP contribution in [0.25, 0.3) is 0 Å². The number of nitrogens with one attached hydrogen (secondary N) is 2. The van der Waals surface area contributed by atoms with Crippen LogP contribution in [0.5, 0.6) is 0 Å². The zero-order valence-electron chi connectivity index (χ0n) is 9.85. The van der Waals surface area contributed by atoms with Gasteiger partial charge in [0, 0.05) is 6.20 Å². The number of carboxylic acids is 1. The van der Waals surface area contributed by atoms with E-state index in [1.807, 2.05) is 0 Å². The first-order valence-electron chi connectivity index (χ1n) is 5.86. The summed E-state index contributed by atoms with van der Waals surface area (Å²) in [5.41, 5.74) is 0.717. The number of aromatic carboxylic acids is 1. The zero-order valence-corrected chi connectivity index (χ0v) is 9.85. The third-order valence-corrected chi connectivity index (χ3v) is 2.88. The Morgan fingerprint density at radius 1 is 1.56 bits per heavy atom. The second-order valence-electron chi connectivity index (χ2n) is 4.21. The Morgan fingerprint density at radius 3 is 3.06 bits per heavy atom. The molecule has 1 fully saturated rings. The van der Waals surface area contributed by atoms with Crippen molar-refractivity contribution in [3.63, 3.8) is 0 Å². The number of nitrogens with zero attached hydrogens (tertiary/aromatic N) is 1. The second-order valence-corrected chi connectivity index (χ2v) is 4.21. The molecule has 0 aromatic carbocycles. The number of aromatic nitrogens is 1. The van der Waals surface area contributed by atoms with E-state index in [9.17, 15) is 9.59 Å². The van der Waals surface area contributed by atoms with Crippen LogP contribution in [0.4, 0.5) is 0 Å². The van der Waals surface area contributed by atoms with Crippen molar-refractivity contribution >= 4 is 11.9 Å². The van der Waals surface area contributed by atoms with E-state index in [-0.39, 0.29) is 24.1 Å². The fraction of sp³-hybridized carbons (Fsp3) is 0.417. The van der Waals surface area contributed by atoms with Crippen molar-refractivity contribution in [3.05, 3.63) is 29.6 Å². The lowest BCUT2D eigenvalue weighted by Crippen LogP contribution is -2.40. The number of hydrogen-bond acceptors (Lipinski definition) is 4. The van der Waals surface area contributed by atoms with Gasteiger partial charge in [0.15, 0.2) is 0 Å². The van der Waals surface area contributed by atoms with Crippen LogP contribution in [-0.4, -0.2) is 34.6 Å². The molecule has 2 heterocycles. The summed E-state index contributed by atoms with van der Waals surface area (Å²) in [5, 5.41) is 14.7. The number of pyridine rings is 1. The van der Waals surface area contributed by atoms with E-state index in [1.165, 1.54) is 18.3 Å². The lowest BCUT2D eigenvalue weighted by atomic mass is 10.2. The van der Waals surface area contributed by atoms with Crippen LogP contribution in [0.15, 0.2) is 18.3 Å². The molecule has 1 saturated heterocycles. The SMILES string of the molecule is O=C(O)c1ccnc(CNC(=O)C2CCCN2)c1. The Kier molecular flexibility index (Phi) is 3.88. The minimum Gasteiger partial charge on any atom is -0.478 e. The molecule has 1 aromatic rings. The van der Waals surface area contributed by atoms with Crippen molar-refractivity contribution in [1.82, 2.24) is 15.6 Å². The molecule has 6 heteroatoms. The molecule has 1 unspecified atom stereocenters. The molecule has 2 rings (SSSR count). The summed E-state index contributed by atoms with van der Waals surface area (Å²) in [6, 6.07) is 2.75. The molecule has 96 valence electrons. The number of amides is 1. The number of carboxylic acid groups (broad SMARTS) is 1. The minimum atomic E-state index is -0.998. The molecule has 3 N–H and O–H groups in total. The molecule has 1 aliphatic rings. The monoisotopic (exact) mass is 249 g/mol. The smallest absolute Gasteiger partial charge is 0.335 e. The summed E-state index contributed by atoms with van der Waals surface area (Å²) in [6.45, 7) is 1.11. The zero-order chi connectivity index (χ0) is 13.0. The molecule has 0 bridgehead atoms. The average Bonchev–Trinajstić information content (AvgIpc) is 2.90. The Balaban J connectivity index is 1.91. The largest absolute Gasteiger partial charge is 0.478 e. The van der Waals surface area contributed by atoms with E-state index in [4.69, 9.17) is 5.11 Å². The first kappa shape index (κ1) is 12.5. The predicted octanol–water partition coefficient (Wildman–Crippen LogP) is 0.148. The summed E-state index contributed by atoms with van der Waals surface area (Å²) >= 11 is 0. The van der Waals surface area contributed by atoms with Crippen molar-refractivity contribution in [2.45, 2.75) is 25.4 Å². The first-order chi connectivity index (χ1) is 8.66. The van der Waals surface area contributed by atoms with Crippen LogP contribution < -0.4 is 10.6 Å². The van der Waals surface area contributed by atoms with Crippen molar-refractivity contribution in [2.24, 2.45) is 0 Å². The summed E-state index contributed by atoms with van der Waals surface area (Å²) in [4.78, 5) is 26.5. The fourth-order valence-corrected chi connectivity index (χ4v) is 1.92. The molecule has 1 aromatic heterocycles. The minimum absolute atomic E-state index is 0.0602. The van der Waals surface area contributed by atoms with Crippen LogP contribution >= 0.6 is 0 Å². The molecular weight excluding hydrogens is 234 g/mol. The topological polar surface area (TPSA) is 91.3 Å². The average molecular weight is 249 g/mol. The van der Waals surface area contributed by atoms with Gasteiger partial charge in [0.2, 0.25) is 5.91 Å². The third-order valence-electron chi connectivity index (χ3n) is 2.88. The van der Waals surface area contributed by atoms with E-state index in [2.05, 4.69) is 15.6 Å². The summed E-state index contributed by atoms with van der Waals surface area (Å²) in [6.07, 6.45) is 3.28. The van der Waals surface area contributed by atoms with Gasteiger partial charge in [-0.1, -0.05) is 0 Å². The summed E-state index contributed by atoms with van der Waals surface area (Å²) in [7, 11) is 0. The second kappa shape index (κ2) is 5.59. The van der Waals surface area contributed by atoms with Gasteiger partial charge >= 0.3 is 5.97 Å². The summed E-state index contributed by atoms with van der Waals surface area (Å²) < 4.78 is 0. The van der Waals surface area contributed by atoms with Crippen LogP contribution in [0, 0.1) is 0 Å². The van der Waals surface area contributed by atoms with E-state index in [0.29, 0.717) is 5.69 Å². The molecule has 1 aliphatic heterocycles. The van der Waals surface area contributed by atoms with Crippen LogP contribution in [0.2, 0.25) is 0 Å². The van der Waals surface area contributed by atoms with E-state index < -0.39 is 5.97 Å². The van der Waals surface area contributed by atoms with E-state index >= 15 is 0 Å². The van der Waals surface area contributed by atoms with Crippen LogP contribution in [-0.2, 0) is 11.3 Å². The predicted molar refractivity (Wildman–Crippen MR) is 64.1 cm³/mol. The normalized spacial score (nSPS) is 18.6. The molecular formula is C12H15N3O3. The van der Waals surface area contributed by atoms with Gasteiger partial charge in [-0.2, -0.15) is 0 Å². The standard InChI is InChI=1S/C12H15N3O3/c16-11(10-2-1-4-14-10)15-7-9-6-8(12(17)18)3-5-13-9/h3,5-6,10,14H,1-2,4,7H2,(H,15,16)(H,17,18). The Bertz CT molecular complexity index is 456. The lowest BCUT2D eigenvalue weighted by molar-refractivity contribution is -0.122. The van der Waals surface area contributed by atoms with Crippen LogP contribution in [0.3, 0.4) is 0 Å². The van der Waals surface area contributed by atoms with Crippen LogP contribution in [0.1, 0.15) is 28.9 Å². The van der Waals surface area contributed by atoms with E-state index in [1.54, 1.807) is 0 Å². The fourth-order valence-electron chi connectivity index (χ4n) is 1.92. The number of hydrogen-bond donors (Lipinski definition) is 3. The van der Waals surface area contributed by atoms with Gasteiger partial charge in [0.05, 0.1) is 23.8 Å². The summed E-state index contributed by atoms with van der Waals surface area (Å²) in [5.74, 6) is -1.06. The van der Waals surface area contributed by atoms with Gasteiger partial charge in [-0.25, -0.2) is 4.79 Å². The number of rotatable bonds is 4. The van der Waals surface area contributed by atoms with Gasteiger partial charge in [0.1, 0.15) is 0 Å². The molecule has 0 radical (unpaired) electrons. The molecule has 0 spiro atoms. The highest BCUT2D eigenvalue weighted by Crippen LogP contribution is 2.06. The highest BCUT2D eigenvalue weighted by molar-refractivity contribution is 5.87. The van der Waals surface area contributed by atoms with Gasteiger partial charge < -0.3 is 15.7 Å². The van der Waals surface area contributed by atoms with Crippen molar-refractivity contribution in [2.75, 3.05) is 6.54 Å². The van der Waals surface area contributed by atoms with E-state index in [0.717, 1.165) is 19.4 Å². The Labute approximate surface area is 104 Å². The van der Waals surface area contributed by atoms with Crippen molar-refractivity contribution in [1.29, 1.82) is 0 Å². The maximum Gasteiger partial charge on any atom is 0.335 e. The van der Waals surface area contributed by atoms with Gasteiger partial charge in [-0.3, -0.25) is 9.78 Å². The highest BCUT2D eigenvalue weighted by atomic mass is 16.4. The molecule has 18 heavy (non-hydrogen) atoms. The molecule has 0 saturated carbocycles. The van der Waals surface area contributed by atoms with Crippen molar-refractivity contribution < 1.29 is 14.7 Å². The Morgan fingerprint density at radius 2 is 2.39 bits per heavy atom. The number of carbonyl (C=O) groups excluding carboxylic acids is 1. The maximum atomic E-state index is 11.7. The third kappa shape index (κ3) is 3.04. The molecule has 6 nitrogen and oxygen atoms in total. The Hall–Kier alpha value is -1.95.